The molecule has 1 fully saturated rings. The number of aromatic nitrogens is 3. The van der Waals surface area contributed by atoms with Crippen LogP contribution in [0.5, 0.6) is 11.5 Å². The lowest BCUT2D eigenvalue weighted by Gasteiger charge is -2.28. The van der Waals surface area contributed by atoms with Crippen molar-refractivity contribution in [1.29, 1.82) is 0 Å². The van der Waals surface area contributed by atoms with Crippen molar-refractivity contribution in [3.8, 4) is 22.8 Å². The molecule has 1 unspecified atom stereocenters. The third-order valence-electron chi connectivity index (χ3n) is 7.45. The van der Waals surface area contributed by atoms with Crippen molar-refractivity contribution in [2.45, 2.75) is 24.9 Å². The Morgan fingerprint density at radius 3 is 2.34 bits per heavy atom. The molecule has 214 valence electrons. The van der Waals surface area contributed by atoms with E-state index in [-0.39, 0.29) is 5.56 Å². The number of nitrogens with two attached hydrogens (primary N) is 1. The summed E-state index contributed by atoms with van der Waals surface area (Å²) < 4.78 is 50.6. The normalized spacial score (nSPS) is 15.5. The number of hydrogen-bond donors (Lipinski definition) is 1. The van der Waals surface area contributed by atoms with E-state index in [1.54, 1.807) is 31.4 Å². The van der Waals surface area contributed by atoms with Gasteiger partial charge in [-0.2, -0.15) is 13.2 Å². The molecule has 0 bridgehead atoms. The van der Waals surface area contributed by atoms with Crippen LogP contribution < -0.4 is 15.2 Å². The largest absolute Gasteiger partial charge is 0.493 e. The van der Waals surface area contributed by atoms with Crippen molar-refractivity contribution in [2.75, 3.05) is 33.9 Å². The van der Waals surface area contributed by atoms with Crippen molar-refractivity contribution in [1.82, 2.24) is 19.9 Å². The Morgan fingerprint density at radius 2 is 1.73 bits per heavy atom. The number of primary amides is 1. The number of ether oxygens (including phenoxy) is 2. The average Bonchev–Trinajstić information content (AvgIpc) is 2.96. The molecule has 1 saturated heterocycles. The predicted octanol–water partition coefficient (Wildman–Crippen LogP) is 5.06. The van der Waals surface area contributed by atoms with Gasteiger partial charge in [-0.05, 0) is 62.2 Å². The maximum Gasteiger partial charge on any atom is 0.433 e. The molecule has 2 aromatic heterocycles. The third-order valence-corrected chi connectivity index (χ3v) is 7.45. The zero-order valence-electron chi connectivity index (χ0n) is 22.7. The van der Waals surface area contributed by atoms with E-state index in [0.717, 1.165) is 49.1 Å². The number of carbonyl (C=O) groups is 1. The molecule has 0 aliphatic carbocycles. The van der Waals surface area contributed by atoms with Crippen LogP contribution in [0.1, 0.15) is 35.6 Å². The van der Waals surface area contributed by atoms with E-state index in [9.17, 15) is 18.0 Å². The number of benzene rings is 2. The number of alkyl halides is 3. The fourth-order valence-electron chi connectivity index (χ4n) is 5.10. The summed E-state index contributed by atoms with van der Waals surface area (Å²) in [7, 11) is 3.71. The highest BCUT2D eigenvalue weighted by Crippen LogP contribution is 2.37. The number of pyridine rings is 1. The van der Waals surface area contributed by atoms with Crippen LogP contribution in [0.4, 0.5) is 13.2 Å². The van der Waals surface area contributed by atoms with E-state index in [4.69, 9.17) is 15.2 Å². The number of halogens is 3. The second-order valence-corrected chi connectivity index (χ2v) is 10.2. The Labute approximate surface area is 235 Å². The molecule has 5 rings (SSSR count). The van der Waals surface area contributed by atoms with Crippen LogP contribution in [0.2, 0.25) is 0 Å². The van der Waals surface area contributed by atoms with Crippen LogP contribution in [-0.2, 0) is 11.0 Å². The first-order valence-electron chi connectivity index (χ1n) is 13.2. The quantitative estimate of drug-likeness (QED) is 0.319. The van der Waals surface area contributed by atoms with Crippen molar-refractivity contribution in [3.05, 3.63) is 77.9 Å². The summed E-state index contributed by atoms with van der Waals surface area (Å²) in [6.45, 7) is 2.71. The Kier molecular flexibility index (Phi) is 8.07. The summed E-state index contributed by atoms with van der Waals surface area (Å²) in [5.41, 5.74) is 7.46. The molecule has 1 amide bonds. The van der Waals surface area contributed by atoms with Crippen LogP contribution in [0.25, 0.3) is 22.2 Å². The van der Waals surface area contributed by atoms with Gasteiger partial charge in [-0.3, -0.25) is 9.78 Å². The fourth-order valence-corrected chi connectivity index (χ4v) is 5.10. The molecule has 1 atom stereocenters. The Hall–Kier alpha value is -4.25. The van der Waals surface area contributed by atoms with Gasteiger partial charge in [-0.15, -0.1) is 0 Å². The minimum atomic E-state index is -4.58. The fraction of sp³-hybridized carbons (Fsp3) is 0.333. The molecular formula is C30H30F3N5O3. The van der Waals surface area contributed by atoms with Gasteiger partial charge in [-0.25, -0.2) is 9.97 Å². The smallest absolute Gasteiger partial charge is 0.433 e. The summed E-state index contributed by atoms with van der Waals surface area (Å²) in [5, 5.41) is 0.752. The van der Waals surface area contributed by atoms with Gasteiger partial charge in [0, 0.05) is 23.2 Å². The molecule has 1 aliphatic rings. The van der Waals surface area contributed by atoms with Crippen molar-refractivity contribution < 1.29 is 27.4 Å². The second kappa shape index (κ2) is 11.7. The zero-order chi connectivity index (χ0) is 29.1. The van der Waals surface area contributed by atoms with E-state index in [2.05, 4.69) is 26.9 Å². The van der Waals surface area contributed by atoms with Crippen molar-refractivity contribution in [2.24, 2.45) is 11.7 Å². The first-order valence-corrected chi connectivity index (χ1v) is 13.2. The lowest BCUT2D eigenvalue weighted by Crippen LogP contribution is -2.32. The number of piperidine rings is 1. The number of fused-ring (bicyclic) bond motifs is 1. The summed E-state index contributed by atoms with van der Waals surface area (Å²) >= 11 is 0. The molecule has 2 N–H and O–H groups in total. The van der Waals surface area contributed by atoms with Crippen LogP contribution in [0.3, 0.4) is 0 Å². The highest BCUT2D eigenvalue weighted by atomic mass is 19.4. The molecule has 11 heteroatoms. The van der Waals surface area contributed by atoms with Crippen LogP contribution in [0.15, 0.2) is 61.1 Å². The molecule has 4 aromatic rings. The highest BCUT2D eigenvalue weighted by molar-refractivity contribution is 5.94. The van der Waals surface area contributed by atoms with Gasteiger partial charge in [0.15, 0.2) is 11.5 Å². The topological polar surface area (TPSA) is 103 Å². The maximum absolute atomic E-state index is 12.9. The standard InChI is InChI=1S/C30H30F3N5O3/c1-38-11-9-18(10-12-38)16-41-25-14-23-22(13-24(25)40-2)28(37-17-36-23)20-5-3-19(4-6-20)27(29(34)39)21-7-8-26(35-15-21)30(31,32)33/h3-8,13-15,17-18,27H,9-12,16H2,1-2H3,(H2,34,39). The molecule has 0 spiro atoms. The van der Waals surface area contributed by atoms with Crippen molar-refractivity contribution >= 4 is 16.8 Å². The molecule has 8 nitrogen and oxygen atoms in total. The van der Waals surface area contributed by atoms with Crippen LogP contribution in [-0.4, -0.2) is 59.6 Å². The first kappa shape index (κ1) is 28.3. The number of methoxy groups -OCH3 is 1. The van der Waals surface area contributed by atoms with Gasteiger partial charge < -0.3 is 20.1 Å². The molecule has 0 saturated carbocycles. The minimum Gasteiger partial charge on any atom is -0.493 e. The molecule has 41 heavy (non-hydrogen) atoms. The molecule has 3 heterocycles. The molecular weight excluding hydrogens is 535 g/mol. The third kappa shape index (κ3) is 6.25. The minimum absolute atomic E-state index is 0.267. The number of rotatable bonds is 8. The van der Waals surface area contributed by atoms with Gasteiger partial charge in [-0.1, -0.05) is 30.3 Å². The first-order chi connectivity index (χ1) is 19.6. The van der Waals surface area contributed by atoms with Crippen LogP contribution in [0, 0.1) is 5.92 Å². The van der Waals surface area contributed by atoms with Gasteiger partial charge in [0.05, 0.1) is 30.8 Å². The Balaban J connectivity index is 1.41. The summed E-state index contributed by atoms with van der Waals surface area (Å²) in [6.07, 6.45) is 0.0913. The lowest BCUT2D eigenvalue weighted by atomic mass is 9.90. The Morgan fingerprint density at radius 1 is 1.02 bits per heavy atom. The van der Waals surface area contributed by atoms with Crippen molar-refractivity contribution in [3.63, 3.8) is 0 Å². The van der Waals surface area contributed by atoms with Gasteiger partial charge in [0.1, 0.15) is 12.0 Å². The summed E-state index contributed by atoms with van der Waals surface area (Å²) in [4.78, 5) is 27.0. The average molecular weight is 566 g/mol. The Bertz CT molecular complexity index is 1520. The number of carbonyl (C=O) groups excluding carboxylic acids is 1. The maximum atomic E-state index is 12.9. The number of amides is 1. The molecule has 2 aromatic carbocycles. The number of nitrogens with zero attached hydrogens (tertiary/aromatic N) is 4. The predicted molar refractivity (Wildman–Crippen MR) is 148 cm³/mol. The molecule has 0 radical (unpaired) electrons. The van der Waals surface area contributed by atoms with Gasteiger partial charge in [0.25, 0.3) is 0 Å². The second-order valence-electron chi connectivity index (χ2n) is 10.2. The van der Waals surface area contributed by atoms with E-state index >= 15 is 0 Å². The monoisotopic (exact) mass is 565 g/mol. The SMILES string of the molecule is COc1cc2c(-c3ccc(C(C(N)=O)c4ccc(C(F)(F)F)nc4)cc3)ncnc2cc1OCC1CCN(C)CC1. The van der Waals surface area contributed by atoms with E-state index < -0.39 is 23.7 Å². The highest BCUT2D eigenvalue weighted by Gasteiger charge is 2.33. The summed E-state index contributed by atoms with van der Waals surface area (Å²) in [6, 6.07) is 12.7. The van der Waals surface area contributed by atoms with Crippen LogP contribution >= 0.6 is 0 Å². The van der Waals surface area contributed by atoms with Gasteiger partial charge in [0.2, 0.25) is 5.91 Å². The number of likely N-dealkylation sites (tertiary alicyclic amines) is 1. The van der Waals surface area contributed by atoms with E-state index in [1.807, 2.05) is 12.1 Å². The molecule has 1 aliphatic heterocycles. The number of hydrogen-bond acceptors (Lipinski definition) is 7. The zero-order valence-corrected chi connectivity index (χ0v) is 22.7. The lowest BCUT2D eigenvalue weighted by molar-refractivity contribution is -0.141. The summed E-state index contributed by atoms with van der Waals surface area (Å²) in [5.74, 6) is -0.00150. The van der Waals surface area contributed by atoms with E-state index in [0.29, 0.717) is 40.8 Å². The van der Waals surface area contributed by atoms with Gasteiger partial charge >= 0.3 is 6.18 Å². The van der Waals surface area contributed by atoms with E-state index in [1.165, 1.54) is 12.4 Å².